The summed E-state index contributed by atoms with van der Waals surface area (Å²) < 4.78 is 0. The van der Waals surface area contributed by atoms with Crippen LogP contribution in [0.2, 0.25) is 0 Å². The average Bonchev–Trinajstić information content (AvgIpc) is 2.86. The van der Waals surface area contributed by atoms with Crippen LogP contribution >= 0.6 is 0 Å². The molecule has 1 heterocycles. The first-order valence-corrected chi connectivity index (χ1v) is 7.60. The zero-order chi connectivity index (χ0) is 17.0. The Labute approximate surface area is 135 Å². The molecule has 7 heteroatoms. The van der Waals surface area contributed by atoms with E-state index in [-0.39, 0.29) is 19.1 Å². The summed E-state index contributed by atoms with van der Waals surface area (Å²) in [5.74, 6) is -0.573. The lowest BCUT2D eigenvalue weighted by Crippen LogP contribution is -2.42. The fourth-order valence-electron chi connectivity index (χ4n) is 2.42. The van der Waals surface area contributed by atoms with E-state index in [0.29, 0.717) is 19.0 Å². The van der Waals surface area contributed by atoms with Crippen LogP contribution < -0.4 is 16.0 Å². The van der Waals surface area contributed by atoms with Gasteiger partial charge in [-0.2, -0.15) is 0 Å². The van der Waals surface area contributed by atoms with Gasteiger partial charge in [0.15, 0.2) is 0 Å². The van der Waals surface area contributed by atoms with Crippen LogP contribution in [0.25, 0.3) is 0 Å². The van der Waals surface area contributed by atoms with Crippen LogP contribution in [0.15, 0.2) is 24.3 Å². The minimum Gasteiger partial charge on any atom is -0.368 e. The Balaban J connectivity index is 1.95. The highest BCUT2D eigenvalue weighted by Gasteiger charge is 2.30. The van der Waals surface area contributed by atoms with Crippen molar-refractivity contribution in [3.05, 3.63) is 29.8 Å². The molecule has 0 atom stereocenters. The molecular formula is C16H22N4O3. The van der Waals surface area contributed by atoms with Gasteiger partial charge in [-0.3, -0.25) is 14.5 Å². The van der Waals surface area contributed by atoms with Crippen LogP contribution in [0, 0.1) is 0 Å². The smallest absolute Gasteiger partial charge is 0.325 e. The Bertz CT molecular complexity index is 598. The molecule has 0 bridgehead atoms. The quantitative estimate of drug-likeness (QED) is 0.806. The Morgan fingerprint density at radius 2 is 1.87 bits per heavy atom. The normalized spacial score (nSPS) is 14.5. The number of hydrogen-bond acceptors (Lipinski definition) is 3. The van der Waals surface area contributed by atoms with Crippen molar-refractivity contribution in [3.63, 3.8) is 0 Å². The topological polar surface area (TPSA) is 95.7 Å². The molecule has 1 aliphatic rings. The van der Waals surface area contributed by atoms with E-state index < -0.39 is 11.8 Å². The number of hydrogen-bond donors (Lipinski definition) is 2. The van der Waals surface area contributed by atoms with E-state index in [1.165, 1.54) is 10.5 Å². The molecule has 1 aromatic carbocycles. The molecule has 1 aromatic rings. The van der Waals surface area contributed by atoms with Gasteiger partial charge in [0.25, 0.3) is 0 Å². The third-order valence-electron chi connectivity index (χ3n) is 3.76. The molecule has 1 fully saturated rings. The monoisotopic (exact) mass is 318 g/mol. The predicted molar refractivity (Wildman–Crippen MR) is 87.1 cm³/mol. The van der Waals surface area contributed by atoms with Crippen molar-refractivity contribution in [2.75, 3.05) is 31.1 Å². The zero-order valence-corrected chi connectivity index (χ0v) is 13.4. The zero-order valence-electron chi connectivity index (χ0n) is 13.4. The first-order valence-electron chi connectivity index (χ1n) is 7.60. The lowest BCUT2D eigenvalue weighted by atomic mass is 10.0. The van der Waals surface area contributed by atoms with Gasteiger partial charge in [0.2, 0.25) is 11.8 Å². The van der Waals surface area contributed by atoms with Crippen molar-refractivity contribution in [2.45, 2.75) is 19.8 Å². The summed E-state index contributed by atoms with van der Waals surface area (Å²) >= 11 is 0. The molecule has 0 unspecified atom stereocenters. The van der Waals surface area contributed by atoms with Crippen LogP contribution in [0.1, 0.15) is 25.3 Å². The molecule has 0 spiro atoms. The van der Waals surface area contributed by atoms with Crippen molar-refractivity contribution in [1.82, 2.24) is 10.2 Å². The summed E-state index contributed by atoms with van der Waals surface area (Å²) in [6, 6.07) is 7.65. The summed E-state index contributed by atoms with van der Waals surface area (Å²) in [5.41, 5.74) is 7.00. The number of anilines is 1. The van der Waals surface area contributed by atoms with Gasteiger partial charge >= 0.3 is 6.03 Å². The number of rotatable bonds is 6. The second-order valence-corrected chi connectivity index (χ2v) is 5.85. The Kier molecular flexibility index (Phi) is 5.20. The highest BCUT2D eigenvalue weighted by atomic mass is 16.2. The Morgan fingerprint density at radius 3 is 2.43 bits per heavy atom. The number of urea groups is 1. The molecule has 1 aliphatic heterocycles. The maximum Gasteiger partial charge on any atom is 0.325 e. The summed E-state index contributed by atoms with van der Waals surface area (Å²) in [4.78, 5) is 37.8. The molecule has 3 N–H and O–H groups in total. The number of benzene rings is 1. The van der Waals surface area contributed by atoms with Gasteiger partial charge in [-0.1, -0.05) is 26.0 Å². The van der Waals surface area contributed by atoms with E-state index in [1.807, 2.05) is 24.3 Å². The van der Waals surface area contributed by atoms with Crippen molar-refractivity contribution < 1.29 is 14.4 Å². The Morgan fingerprint density at radius 1 is 1.22 bits per heavy atom. The average molecular weight is 318 g/mol. The minimum absolute atomic E-state index is 0.0767. The molecule has 0 aliphatic carbocycles. The highest BCUT2D eigenvalue weighted by Crippen LogP contribution is 2.23. The van der Waals surface area contributed by atoms with Crippen LogP contribution in [-0.2, 0) is 9.59 Å². The third-order valence-corrected chi connectivity index (χ3v) is 3.76. The molecule has 4 amide bonds. The van der Waals surface area contributed by atoms with Gasteiger partial charge < -0.3 is 16.0 Å². The lowest BCUT2D eigenvalue weighted by Gasteiger charge is -2.19. The number of amides is 4. The predicted octanol–water partition coefficient (Wildman–Crippen LogP) is 0.654. The number of primary amides is 1. The third kappa shape index (κ3) is 4.21. The van der Waals surface area contributed by atoms with E-state index in [2.05, 4.69) is 19.2 Å². The molecule has 2 rings (SSSR count). The summed E-state index contributed by atoms with van der Waals surface area (Å²) in [7, 11) is 0. The maximum absolute atomic E-state index is 12.4. The first kappa shape index (κ1) is 16.8. The van der Waals surface area contributed by atoms with Crippen molar-refractivity contribution in [1.29, 1.82) is 0 Å². The van der Waals surface area contributed by atoms with Crippen molar-refractivity contribution in [3.8, 4) is 0 Å². The van der Waals surface area contributed by atoms with Crippen LogP contribution in [0.5, 0.6) is 0 Å². The van der Waals surface area contributed by atoms with E-state index >= 15 is 0 Å². The van der Waals surface area contributed by atoms with E-state index in [9.17, 15) is 14.4 Å². The second kappa shape index (κ2) is 7.13. The van der Waals surface area contributed by atoms with E-state index in [1.54, 1.807) is 4.90 Å². The van der Waals surface area contributed by atoms with Gasteiger partial charge in [0.1, 0.15) is 6.54 Å². The van der Waals surface area contributed by atoms with E-state index in [0.717, 1.165) is 5.69 Å². The van der Waals surface area contributed by atoms with E-state index in [4.69, 9.17) is 5.73 Å². The van der Waals surface area contributed by atoms with Crippen molar-refractivity contribution in [2.24, 2.45) is 5.73 Å². The molecule has 124 valence electrons. The molecular weight excluding hydrogens is 296 g/mol. The minimum atomic E-state index is -0.613. The molecule has 1 saturated heterocycles. The number of nitrogens with one attached hydrogen (secondary N) is 1. The lowest BCUT2D eigenvalue weighted by molar-refractivity contribution is -0.125. The summed E-state index contributed by atoms with van der Waals surface area (Å²) in [5, 5.41) is 2.38. The first-order chi connectivity index (χ1) is 10.9. The molecule has 0 radical (unpaired) electrons. The fraction of sp³-hybridized carbons (Fsp3) is 0.438. The van der Waals surface area contributed by atoms with Crippen LogP contribution in [-0.4, -0.2) is 48.9 Å². The fourth-order valence-corrected chi connectivity index (χ4v) is 2.42. The van der Waals surface area contributed by atoms with Gasteiger partial charge in [0, 0.05) is 18.8 Å². The SMILES string of the molecule is CC(C)c1ccc(N2CCN(CC(=O)NCC(N)=O)C2=O)cc1. The molecule has 0 aromatic heterocycles. The van der Waals surface area contributed by atoms with Crippen LogP contribution in [0.4, 0.5) is 10.5 Å². The van der Waals surface area contributed by atoms with Crippen LogP contribution in [0.3, 0.4) is 0 Å². The molecule has 7 nitrogen and oxygen atoms in total. The van der Waals surface area contributed by atoms with Crippen molar-refractivity contribution >= 4 is 23.5 Å². The second-order valence-electron chi connectivity index (χ2n) is 5.85. The highest BCUT2D eigenvalue weighted by molar-refractivity contribution is 5.96. The largest absolute Gasteiger partial charge is 0.368 e. The summed E-state index contributed by atoms with van der Waals surface area (Å²) in [6.45, 7) is 4.93. The number of nitrogens with zero attached hydrogens (tertiary/aromatic N) is 2. The van der Waals surface area contributed by atoms with Gasteiger partial charge in [-0.05, 0) is 23.6 Å². The number of carbonyl (C=O) groups is 3. The van der Waals surface area contributed by atoms with Gasteiger partial charge in [-0.25, -0.2) is 4.79 Å². The Hall–Kier alpha value is -2.57. The molecule has 23 heavy (non-hydrogen) atoms. The van der Waals surface area contributed by atoms with Gasteiger partial charge in [0.05, 0.1) is 6.54 Å². The standard InChI is InChI=1S/C16H22N4O3/c1-11(2)12-3-5-13(6-4-12)20-8-7-19(16(20)23)10-15(22)18-9-14(17)21/h3-6,11H,7-10H2,1-2H3,(H2,17,21)(H,18,22). The van der Waals surface area contributed by atoms with Gasteiger partial charge in [-0.15, -0.1) is 0 Å². The number of carbonyl (C=O) groups excluding carboxylic acids is 3. The summed E-state index contributed by atoms with van der Waals surface area (Å²) in [6.07, 6.45) is 0. The maximum atomic E-state index is 12.4. The molecule has 0 saturated carbocycles. The number of nitrogens with two attached hydrogens (primary N) is 1.